The van der Waals surface area contributed by atoms with E-state index in [1.54, 1.807) is 0 Å². The molecular formula is C9H8FN3O6. The lowest BCUT2D eigenvalue weighted by molar-refractivity contribution is -0.395. The zero-order valence-electron chi connectivity index (χ0n) is 9.58. The number of ether oxygens (including phenoxy) is 1. The Morgan fingerprint density at radius 1 is 1.32 bits per heavy atom. The van der Waals surface area contributed by atoms with E-state index in [0.717, 1.165) is 7.11 Å². The van der Waals surface area contributed by atoms with E-state index >= 15 is 0 Å². The van der Waals surface area contributed by atoms with Gasteiger partial charge in [0.2, 0.25) is 5.82 Å². The molecule has 0 aliphatic heterocycles. The number of benzene rings is 1. The van der Waals surface area contributed by atoms with Crippen LogP contribution in [0.3, 0.4) is 0 Å². The predicted molar refractivity (Wildman–Crippen MR) is 60.2 cm³/mol. The lowest BCUT2D eigenvalue weighted by Gasteiger charge is -2.06. The highest BCUT2D eigenvalue weighted by molar-refractivity contribution is 5.77. The van der Waals surface area contributed by atoms with Crippen LogP contribution in [0.15, 0.2) is 12.1 Å². The summed E-state index contributed by atoms with van der Waals surface area (Å²) in [5.74, 6) is -1.98. The maximum absolute atomic E-state index is 13.3. The van der Waals surface area contributed by atoms with Crippen LogP contribution in [-0.2, 0) is 9.53 Å². The molecular weight excluding hydrogens is 265 g/mol. The number of anilines is 1. The molecule has 19 heavy (non-hydrogen) atoms. The van der Waals surface area contributed by atoms with Crippen molar-refractivity contribution >= 4 is 23.0 Å². The Bertz CT molecular complexity index is 547. The van der Waals surface area contributed by atoms with Crippen LogP contribution in [-0.4, -0.2) is 29.5 Å². The fourth-order valence-electron chi connectivity index (χ4n) is 1.22. The van der Waals surface area contributed by atoms with Crippen molar-refractivity contribution in [3.63, 3.8) is 0 Å². The van der Waals surface area contributed by atoms with E-state index in [1.807, 2.05) is 0 Å². The molecule has 1 aromatic carbocycles. The number of esters is 1. The summed E-state index contributed by atoms with van der Waals surface area (Å²) >= 11 is 0. The molecule has 0 bridgehead atoms. The fourth-order valence-corrected chi connectivity index (χ4v) is 1.22. The highest BCUT2D eigenvalue weighted by Gasteiger charge is 2.24. The Kier molecular flexibility index (Phi) is 4.29. The number of hydrogen-bond donors (Lipinski definition) is 1. The molecule has 1 aromatic rings. The molecule has 0 atom stereocenters. The molecule has 0 spiro atoms. The Labute approximate surface area is 105 Å². The fraction of sp³-hybridized carbons (Fsp3) is 0.222. The van der Waals surface area contributed by atoms with Crippen molar-refractivity contribution in [1.82, 2.24) is 0 Å². The minimum absolute atomic E-state index is 0.349. The second kappa shape index (κ2) is 5.71. The van der Waals surface area contributed by atoms with Gasteiger partial charge in [0.15, 0.2) is 0 Å². The van der Waals surface area contributed by atoms with Crippen LogP contribution in [0.25, 0.3) is 0 Å². The average molecular weight is 273 g/mol. The Morgan fingerprint density at radius 3 is 2.37 bits per heavy atom. The number of carbonyl (C=O) groups is 1. The monoisotopic (exact) mass is 273 g/mol. The minimum atomic E-state index is -1.25. The van der Waals surface area contributed by atoms with Gasteiger partial charge in [-0.1, -0.05) is 0 Å². The maximum Gasteiger partial charge on any atom is 0.325 e. The minimum Gasteiger partial charge on any atom is -0.468 e. The van der Waals surface area contributed by atoms with Crippen LogP contribution in [0, 0.1) is 26.0 Å². The summed E-state index contributed by atoms with van der Waals surface area (Å²) in [4.78, 5) is 30.1. The Balaban J connectivity index is 3.16. The number of nitrogens with zero attached hydrogens (tertiary/aromatic N) is 2. The number of rotatable bonds is 5. The van der Waals surface area contributed by atoms with E-state index in [2.05, 4.69) is 10.1 Å². The van der Waals surface area contributed by atoms with Gasteiger partial charge in [-0.15, -0.1) is 0 Å². The Morgan fingerprint density at radius 2 is 1.89 bits per heavy atom. The number of nitro groups is 2. The molecule has 0 fully saturated rings. The zero-order chi connectivity index (χ0) is 14.6. The van der Waals surface area contributed by atoms with Crippen molar-refractivity contribution in [2.45, 2.75) is 0 Å². The third-order valence-corrected chi connectivity index (χ3v) is 2.11. The summed E-state index contributed by atoms with van der Waals surface area (Å²) in [5, 5.41) is 23.5. The van der Waals surface area contributed by atoms with Gasteiger partial charge in [0, 0.05) is 6.07 Å². The second-order valence-electron chi connectivity index (χ2n) is 3.26. The van der Waals surface area contributed by atoms with Crippen LogP contribution in [0.5, 0.6) is 0 Å². The number of carbonyl (C=O) groups excluding carboxylic acids is 1. The van der Waals surface area contributed by atoms with Gasteiger partial charge in [-0.05, 0) is 0 Å². The lowest BCUT2D eigenvalue weighted by atomic mass is 10.2. The average Bonchev–Trinajstić information content (AvgIpc) is 2.34. The first kappa shape index (κ1) is 14.3. The predicted octanol–water partition coefficient (Wildman–Crippen LogP) is 1.23. The van der Waals surface area contributed by atoms with Crippen LogP contribution >= 0.6 is 0 Å². The van der Waals surface area contributed by atoms with Gasteiger partial charge in [0.1, 0.15) is 12.2 Å². The first-order valence-electron chi connectivity index (χ1n) is 4.79. The van der Waals surface area contributed by atoms with E-state index < -0.39 is 39.6 Å². The molecule has 10 heteroatoms. The van der Waals surface area contributed by atoms with Gasteiger partial charge in [0.25, 0.3) is 5.69 Å². The highest BCUT2D eigenvalue weighted by Crippen LogP contribution is 2.31. The number of methoxy groups -OCH3 is 1. The smallest absolute Gasteiger partial charge is 0.325 e. The molecule has 0 amide bonds. The van der Waals surface area contributed by atoms with E-state index in [-0.39, 0.29) is 5.69 Å². The van der Waals surface area contributed by atoms with Crippen molar-refractivity contribution in [3.8, 4) is 0 Å². The molecule has 9 nitrogen and oxygen atoms in total. The summed E-state index contributed by atoms with van der Waals surface area (Å²) in [5.41, 5.74) is -2.08. The zero-order valence-corrected chi connectivity index (χ0v) is 9.58. The van der Waals surface area contributed by atoms with E-state index in [9.17, 15) is 29.4 Å². The van der Waals surface area contributed by atoms with Gasteiger partial charge < -0.3 is 10.1 Å². The lowest BCUT2D eigenvalue weighted by Crippen LogP contribution is -2.16. The standard InChI is InChI=1S/C9H8FN3O6/c1-19-9(14)4-11-6-2-5(10)7(12(15)16)3-8(6)13(17)18/h2-3,11H,4H2,1H3. The summed E-state index contributed by atoms with van der Waals surface area (Å²) < 4.78 is 17.6. The third kappa shape index (κ3) is 3.34. The second-order valence-corrected chi connectivity index (χ2v) is 3.26. The van der Waals surface area contributed by atoms with Crippen molar-refractivity contribution in [1.29, 1.82) is 0 Å². The summed E-state index contributed by atoms with van der Waals surface area (Å²) in [6.45, 7) is -0.436. The molecule has 0 saturated carbocycles. The van der Waals surface area contributed by atoms with Gasteiger partial charge in [0.05, 0.1) is 23.0 Å². The van der Waals surface area contributed by atoms with Crippen LogP contribution in [0.4, 0.5) is 21.5 Å². The molecule has 0 unspecified atom stereocenters. The molecule has 0 aromatic heterocycles. The SMILES string of the molecule is COC(=O)CNc1cc(F)c([N+](=O)[O-])cc1[N+](=O)[O-]. The molecule has 0 aliphatic carbocycles. The quantitative estimate of drug-likeness (QED) is 0.485. The normalized spacial score (nSPS) is 9.79. The summed E-state index contributed by atoms with van der Waals surface area (Å²) in [6, 6.07) is 1.06. The molecule has 0 saturated heterocycles. The molecule has 1 rings (SSSR count). The van der Waals surface area contributed by atoms with Crippen LogP contribution in [0.2, 0.25) is 0 Å². The van der Waals surface area contributed by atoms with Gasteiger partial charge in [-0.2, -0.15) is 4.39 Å². The number of hydrogen-bond acceptors (Lipinski definition) is 7. The molecule has 102 valence electrons. The van der Waals surface area contributed by atoms with E-state index in [1.165, 1.54) is 0 Å². The molecule has 0 heterocycles. The highest BCUT2D eigenvalue weighted by atomic mass is 19.1. The third-order valence-electron chi connectivity index (χ3n) is 2.11. The van der Waals surface area contributed by atoms with E-state index in [0.29, 0.717) is 12.1 Å². The van der Waals surface area contributed by atoms with Crippen molar-refractivity contribution in [3.05, 3.63) is 38.2 Å². The van der Waals surface area contributed by atoms with Crippen molar-refractivity contribution < 1.29 is 23.8 Å². The van der Waals surface area contributed by atoms with Gasteiger partial charge in [-0.3, -0.25) is 25.0 Å². The van der Waals surface area contributed by atoms with Crippen LogP contribution in [0.1, 0.15) is 0 Å². The largest absolute Gasteiger partial charge is 0.468 e. The van der Waals surface area contributed by atoms with Gasteiger partial charge >= 0.3 is 11.7 Å². The topological polar surface area (TPSA) is 125 Å². The molecule has 0 aliphatic rings. The molecule has 1 N–H and O–H groups in total. The first-order valence-corrected chi connectivity index (χ1v) is 4.79. The van der Waals surface area contributed by atoms with Crippen molar-refractivity contribution in [2.75, 3.05) is 19.0 Å². The summed E-state index contributed by atoms with van der Waals surface area (Å²) in [6.07, 6.45) is 0. The van der Waals surface area contributed by atoms with Crippen molar-refractivity contribution in [2.24, 2.45) is 0 Å². The summed E-state index contributed by atoms with van der Waals surface area (Å²) in [7, 11) is 1.11. The molecule has 0 radical (unpaired) electrons. The number of nitro benzene ring substituents is 2. The first-order chi connectivity index (χ1) is 8.86. The van der Waals surface area contributed by atoms with Gasteiger partial charge in [-0.25, -0.2) is 0 Å². The number of halogens is 1. The maximum atomic E-state index is 13.3. The number of nitrogens with one attached hydrogen (secondary N) is 1. The van der Waals surface area contributed by atoms with Crippen LogP contribution < -0.4 is 5.32 Å². The van der Waals surface area contributed by atoms with E-state index in [4.69, 9.17) is 0 Å². The Hall–Kier alpha value is -2.78.